The van der Waals surface area contributed by atoms with Gasteiger partial charge in [-0.05, 0) is 37.3 Å². The van der Waals surface area contributed by atoms with E-state index in [4.69, 9.17) is 4.74 Å². The Bertz CT molecular complexity index is 1090. The molecule has 1 aromatic heterocycles. The summed E-state index contributed by atoms with van der Waals surface area (Å²) < 4.78 is 7.24. The van der Waals surface area contributed by atoms with Gasteiger partial charge < -0.3 is 9.64 Å². The molecule has 1 spiro atoms. The maximum atomic E-state index is 13.0. The zero-order valence-corrected chi connectivity index (χ0v) is 15.7. The quantitative estimate of drug-likeness (QED) is 0.645. The van der Waals surface area contributed by atoms with E-state index in [1.807, 2.05) is 43.3 Å². The molecule has 5 rings (SSSR count). The average Bonchev–Trinajstić information content (AvgIpc) is 3.23. The summed E-state index contributed by atoms with van der Waals surface area (Å²) in [5.41, 5.74) is 1.61. The lowest BCUT2D eigenvalue weighted by Gasteiger charge is -2.34. The molecule has 2 aliphatic heterocycles. The minimum absolute atomic E-state index is 0.0188. The first-order valence-corrected chi connectivity index (χ1v) is 9.82. The van der Waals surface area contributed by atoms with Crippen molar-refractivity contribution >= 4 is 33.2 Å². The molecule has 0 radical (unpaired) electrons. The molecule has 5 nitrogen and oxygen atoms in total. The van der Waals surface area contributed by atoms with Gasteiger partial charge >= 0.3 is 0 Å². The molecule has 0 saturated carbocycles. The zero-order valence-electron chi connectivity index (χ0n) is 14.9. The maximum absolute atomic E-state index is 13.0. The molecule has 1 atom stereocenters. The molecule has 136 valence electrons. The van der Waals surface area contributed by atoms with E-state index in [2.05, 4.69) is 4.98 Å². The van der Waals surface area contributed by atoms with E-state index in [1.54, 1.807) is 22.3 Å². The number of nitrogens with zero attached hydrogens (tertiary/aromatic N) is 2. The first kappa shape index (κ1) is 16.4. The smallest absolute Gasteiger partial charge is 0.254 e. The van der Waals surface area contributed by atoms with Crippen molar-refractivity contribution in [3.8, 4) is 5.75 Å². The topological polar surface area (TPSA) is 59.5 Å². The molecule has 0 aliphatic carbocycles. The van der Waals surface area contributed by atoms with Crippen molar-refractivity contribution in [1.29, 1.82) is 0 Å². The third-order valence-corrected chi connectivity index (χ3v) is 6.28. The van der Waals surface area contributed by atoms with Gasteiger partial charge in [0.1, 0.15) is 11.4 Å². The number of ether oxygens (including phenoxy) is 1. The second-order valence-electron chi connectivity index (χ2n) is 7.27. The number of rotatable bonds is 1. The van der Waals surface area contributed by atoms with Gasteiger partial charge in [-0.25, -0.2) is 4.98 Å². The molecule has 6 heteroatoms. The molecule has 3 aromatic rings. The van der Waals surface area contributed by atoms with E-state index in [1.165, 1.54) is 0 Å². The minimum Gasteiger partial charge on any atom is -0.484 e. The maximum Gasteiger partial charge on any atom is 0.254 e. The SMILES string of the molecule is Cc1nc2ccc(C(=O)N3CC[C@@]4(CC(=O)c5ccccc5O4)C3)cc2s1. The Balaban J connectivity index is 1.40. The molecule has 1 amide bonds. The Labute approximate surface area is 160 Å². The molecule has 0 N–H and O–H groups in total. The summed E-state index contributed by atoms with van der Waals surface area (Å²) in [7, 11) is 0. The highest BCUT2D eigenvalue weighted by molar-refractivity contribution is 7.18. The summed E-state index contributed by atoms with van der Waals surface area (Å²) in [6, 6.07) is 13.0. The van der Waals surface area contributed by atoms with E-state index in [9.17, 15) is 9.59 Å². The fraction of sp³-hybridized carbons (Fsp3) is 0.286. The summed E-state index contributed by atoms with van der Waals surface area (Å²) in [6.45, 7) is 2.99. The van der Waals surface area contributed by atoms with Crippen LogP contribution < -0.4 is 4.74 Å². The van der Waals surface area contributed by atoms with Gasteiger partial charge in [-0.15, -0.1) is 11.3 Å². The monoisotopic (exact) mass is 378 g/mol. The lowest BCUT2D eigenvalue weighted by atomic mass is 9.89. The van der Waals surface area contributed by atoms with Crippen LogP contribution in [0.25, 0.3) is 10.2 Å². The number of carbonyl (C=O) groups excluding carboxylic acids is 2. The van der Waals surface area contributed by atoms with Crippen molar-refractivity contribution in [3.05, 3.63) is 58.6 Å². The van der Waals surface area contributed by atoms with Gasteiger partial charge in [-0.1, -0.05) is 12.1 Å². The second kappa shape index (κ2) is 5.89. The van der Waals surface area contributed by atoms with Crippen molar-refractivity contribution in [2.75, 3.05) is 13.1 Å². The van der Waals surface area contributed by atoms with Gasteiger partial charge in [0.05, 0.1) is 33.8 Å². The molecule has 0 bridgehead atoms. The summed E-state index contributed by atoms with van der Waals surface area (Å²) in [4.78, 5) is 31.8. The largest absolute Gasteiger partial charge is 0.484 e. The molecule has 27 heavy (non-hydrogen) atoms. The van der Waals surface area contributed by atoms with Gasteiger partial charge in [0.15, 0.2) is 5.78 Å². The first-order chi connectivity index (χ1) is 13.0. The standard InChI is InChI=1S/C21H18N2O3S/c1-13-22-16-7-6-14(10-19(16)27-13)20(25)23-9-8-21(12-23)11-17(24)15-4-2-3-5-18(15)26-21/h2-7,10H,8-9,11-12H2,1H3/t21-/m1/s1. The van der Waals surface area contributed by atoms with Crippen molar-refractivity contribution in [3.63, 3.8) is 0 Å². The number of thiazole rings is 1. The third-order valence-electron chi connectivity index (χ3n) is 5.34. The predicted molar refractivity (Wildman–Crippen MR) is 104 cm³/mol. The fourth-order valence-corrected chi connectivity index (χ4v) is 4.91. The highest BCUT2D eigenvalue weighted by atomic mass is 32.1. The number of hydrogen-bond acceptors (Lipinski definition) is 5. The van der Waals surface area contributed by atoms with E-state index in [0.29, 0.717) is 42.8 Å². The van der Waals surface area contributed by atoms with Crippen LogP contribution in [-0.4, -0.2) is 40.3 Å². The van der Waals surface area contributed by atoms with Gasteiger partial charge in [0.25, 0.3) is 5.91 Å². The minimum atomic E-state index is -0.605. The van der Waals surface area contributed by atoms with Gasteiger partial charge in [-0.3, -0.25) is 9.59 Å². The van der Waals surface area contributed by atoms with Crippen LogP contribution in [0.15, 0.2) is 42.5 Å². The van der Waals surface area contributed by atoms with Crippen LogP contribution >= 0.6 is 11.3 Å². The average molecular weight is 378 g/mol. The number of para-hydroxylation sites is 1. The summed E-state index contributed by atoms with van der Waals surface area (Å²) in [5.74, 6) is 0.701. The number of carbonyl (C=O) groups is 2. The van der Waals surface area contributed by atoms with Crippen LogP contribution in [0.1, 0.15) is 38.6 Å². The van der Waals surface area contributed by atoms with Crippen LogP contribution in [0.2, 0.25) is 0 Å². The van der Waals surface area contributed by atoms with Crippen LogP contribution in [0.4, 0.5) is 0 Å². The Kier molecular flexibility index (Phi) is 3.59. The number of aryl methyl sites for hydroxylation is 1. The predicted octanol–water partition coefficient (Wildman–Crippen LogP) is 3.85. The molecule has 0 unspecified atom stereocenters. The Morgan fingerprint density at radius 3 is 3.00 bits per heavy atom. The van der Waals surface area contributed by atoms with Crippen molar-refractivity contribution in [2.45, 2.75) is 25.4 Å². The van der Waals surface area contributed by atoms with E-state index >= 15 is 0 Å². The number of amides is 1. The van der Waals surface area contributed by atoms with Crippen molar-refractivity contribution in [2.24, 2.45) is 0 Å². The lowest BCUT2D eigenvalue weighted by Crippen LogP contribution is -2.45. The molecule has 1 saturated heterocycles. The number of Topliss-reactive ketones (excluding diaryl/α,β-unsaturated/α-hetero) is 1. The Morgan fingerprint density at radius 1 is 1.26 bits per heavy atom. The van der Waals surface area contributed by atoms with E-state index in [0.717, 1.165) is 15.2 Å². The molecule has 3 heterocycles. The first-order valence-electron chi connectivity index (χ1n) is 9.01. The van der Waals surface area contributed by atoms with Gasteiger partial charge in [-0.2, -0.15) is 0 Å². The Hall–Kier alpha value is -2.73. The number of likely N-dealkylation sites (tertiary alicyclic amines) is 1. The highest BCUT2D eigenvalue weighted by Crippen LogP contribution is 2.39. The molecule has 1 fully saturated rings. The summed E-state index contributed by atoms with van der Waals surface area (Å²) >= 11 is 1.59. The normalized spacial score (nSPS) is 21.5. The lowest BCUT2D eigenvalue weighted by molar-refractivity contribution is 0.0428. The molecular weight excluding hydrogens is 360 g/mol. The van der Waals surface area contributed by atoms with E-state index < -0.39 is 5.60 Å². The van der Waals surface area contributed by atoms with E-state index in [-0.39, 0.29) is 11.7 Å². The Morgan fingerprint density at radius 2 is 2.11 bits per heavy atom. The fourth-order valence-electron chi connectivity index (χ4n) is 4.04. The number of aromatic nitrogens is 1. The molecule has 2 aromatic carbocycles. The van der Waals surface area contributed by atoms with Crippen LogP contribution in [0, 0.1) is 6.92 Å². The number of hydrogen-bond donors (Lipinski definition) is 0. The summed E-state index contributed by atoms with van der Waals surface area (Å²) in [6.07, 6.45) is 0.988. The highest BCUT2D eigenvalue weighted by Gasteiger charge is 2.47. The van der Waals surface area contributed by atoms with Crippen molar-refractivity contribution in [1.82, 2.24) is 9.88 Å². The second-order valence-corrected chi connectivity index (χ2v) is 8.51. The number of ketones is 1. The number of benzene rings is 2. The zero-order chi connectivity index (χ0) is 18.6. The molecule has 2 aliphatic rings. The van der Waals surface area contributed by atoms with Crippen LogP contribution in [0.5, 0.6) is 5.75 Å². The summed E-state index contributed by atoms with van der Waals surface area (Å²) in [5, 5.41) is 0.988. The van der Waals surface area contributed by atoms with Gasteiger partial charge in [0.2, 0.25) is 0 Å². The third kappa shape index (κ3) is 2.72. The van der Waals surface area contributed by atoms with Crippen LogP contribution in [-0.2, 0) is 0 Å². The molecular formula is C21H18N2O3S. The van der Waals surface area contributed by atoms with Crippen molar-refractivity contribution < 1.29 is 14.3 Å². The van der Waals surface area contributed by atoms with Gasteiger partial charge in [0, 0.05) is 18.5 Å². The van der Waals surface area contributed by atoms with Crippen LogP contribution in [0.3, 0.4) is 0 Å². The number of fused-ring (bicyclic) bond motifs is 2.